The molecule has 1 aromatic heterocycles. The molecule has 1 saturated heterocycles. The van der Waals surface area contributed by atoms with E-state index in [2.05, 4.69) is 14.1 Å². The smallest absolute Gasteiger partial charge is 0.275 e. The van der Waals surface area contributed by atoms with Gasteiger partial charge in [-0.15, -0.1) is 0 Å². The second-order valence-electron chi connectivity index (χ2n) is 5.63. The molecule has 1 aliphatic heterocycles. The Hall–Kier alpha value is -2.35. The topological polar surface area (TPSA) is 76.6 Å². The molecule has 1 fully saturated rings. The number of methoxy groups -OCH3 is 2. The number of piperidine rings is 1. The molecule has 1 amide bonds. The lowest BCUT2D eigenvalue weighted by atomic mass is 10.0. The van der Waals surface area contributed by atoms with Crippen LogP contribution in [0.1, 0.15) is 23.3 Å². The van der Waals surface area contributed by atoms with Crippen molar-refractivity contribution in [1.29, 1.82) is 0 Å². The average Bonchev–Trinajstić information content (AvgIpc) is 3.15. The highest BCUT2D eigenvalue weighted by Crippen LogP contribution is 2.27. The summed E-state index contributed by atoms with van der Waals surface area (Å²) in [4.78, 5) is 14.3. The van der Waals surface area contributed by atoms with Crippen molar-refractivity contribution in [2.45, 2.75) is 18.9 Å². The fraction of sp³-hybridized carbons (Fsp3) is 0.438. The Morgan fingerprint density at radius 2 is 2.04 bits per heavy atom. The molecule has 1 N–H and O–H groups in total. The Kier molecular flexibility index (Phi) is 5.14. The second-order valence-corrected chi connectivity index (χ2v) is 6.19. The van der Waals surface area contributed by atoms with Crippen LogP contribution in [0.4, 0.5) is 5.69 Å². The summed E-state index contributed by atoms with van der Waals surface area (Å²) in [5.74, 6) is 1.40. The van der Waals surface area contributed by atoms with Crippen molar-refractivity contribution in [3.05, 3.63) is 30.1 Å². The van der Waals surface area contributed by atoms with Gasteiger partial charge in [0.15, 0.2) is 5.69 Å². The first-order valence-electron chi connectivity index (χ1n) is 7.76. The predicted octanol–water partition coefficient (Wildman–Crippen LogP) is 2.27. The van der Waals surface area contributed by atoms with Crippen molar-refractivity contribution in [2.75, 3.05) is 32.6 Å². The van der Waals surface area contributed by atoms with Gasteiger partial charge in [-0.1, -0.05) is 0 Å². The van der Waals surface area contributed by atoms with Gasteiger partial charge < -0.3 is 19.7 Å². The minimum absolute atomic E-state index is 0.0570. The van der Waals surface area contributed by atoms with E-state index in [1.165, 1.54) is 6.20 Å². The summed E-state index contributed by atoms with van der Waals surface area (Å²) in [5, 5.41) is 3.47. The van der Waals surface area contributed by atoms with E-state index in [0.717, 1.165) is 48.3 Å². The predicted molar refractivity (Wildman–Crippen MR) is 92.0 cm³/mol. The fourth-order valence-corrected chi connectivity index (χ4v) is 3.23. The maximum atomic E-state index is 12.4. The van der Waals surface area contributed by atoms with Gasteiger partial charge in [0.05, 0.1) is 32.1 Å². The number of carbonyl (C=O) groups excluding carboxylic acids is 1. The highest BCUT2D eigenvalue weighted by atomic mass is 32.1. The van der Waals surface area contributed by atoms with Crippen molar-refractivity contribution in [3.8, 4) is 11.5 Å². The number of ether oxygens (including phenoxy) is 2. The molecule has 0 aliphatic carbocycles. The molecule has 24 heavy (non-hydrogen) atoms. The van der Waals surface area contributed by atoms with Crippen LogP contribution in [0.3, 0.4) is 0 Å². The minimum Gasteiger partial charge on any atom is -0.497 e. The normalized spacial score (nSPS) is 17.4. The lowest BCUT2D eigenvalue weighted by molar-refractivity contribution is 0.0710. The zero-order chi connectivity index (χ0) is 16.9. The number of nitrogens with zero attached hydrogens (tertiary/aromatic N) is 3. The molecular weight excluding hydrogens is 328 g/mol. The van der Waals surface area contributed by atoms with Crippen LogP contribution in [-0.4, -0.2) is 52.9 Å². The summed E-state index contributed by atoms with van der Waals surface area (Å²) in [6.07, 6.45) is 3.47. The first kappa shape index (κ1) is 16.5. The average molecular weight is 348 g/mol. The van der Waals surface area contributed by atoms with Crippen LogP contribution in [0.5, 0.6) is 11.5 Å². The number of hydrogen-bond donors (Lipinski definition) is 1. The number of carbonyl (C=O) groups is 1. The first-order chi connectivity index (χ1) is 11.7. The first-order valence-corrected chi connectivity index (χ1v) is 8.49. The van der Waals surface area contributed by atoms with Gasteiger partial charge in [0.25, 0.3) is 5.91 Å². The number of nitrogens with one attached hydrogen (secondary N) is 1. The van der Waals surface area contributed by atoms with E-state index >= 15 is 0 Å². The Morgan fingerprint density at radius 3 is 2.67 bits per heavy atom. The van der Waals surface area contributed by atoms with Gasteiger partial charge in [-0.25, -0.2) is 0 Å². The maximum absolute atomic E-state index is 12.4. The molecule has 1 aliphatic rings. The fourth-order valence-electron chi connectivity index (χ4n) is 2.83. The highest BCUT2D eigenvalue weighted by Gasteiger charge is 2.25. The third-order valence-corrected chi connectivity index (χ3v) is 4.49. The van der Waals surface area contributed by atoms with E-state index in [-0.39, 0.29) is 11.9 Å². The SMILES string of the molecule is COc1cc(NC2CCCN(C(=O)c3cnsn3)C2)cc(OC)c1. The largest absolute Gasteiger partial charge is 0.497 e. The number of rotatable bonds is 5. The number of hydrogen-bond acceptors (Lipinski definition) is 7. The molecule has 2 heterocycles. The lowest BCUT2D eigenvalue weighted by Crippen LogP contribution is -2.45. The van der Waals surface area contributed by atoms with Crippen LogP contribution in [0.2, 0.25) is 0 Å². The molecule has 8 heteroatoms. The second kappa shape index (κ2) is 7.48. The monoisotopic (exact) mass is 348 g/mol. The minimum atomic E-state index is -0.0570. The van der Waals surface area contributed by atoms with E-state index in [9.17, 15) is 4.79 Å². The van der Waals surface area contributed by atoms with Crippen LogP contribution >= 0.6 is 11.7 Å². The number of aromatic nitrogens is 2. The molecule has 1 aromatic carbocycles. The number of likely N-dealkylation sites (tertiary alicyclic amines) is 1. The van der Waals surface area contributed by atoms with Crippen LogP contribution in [0.15, 0.2) is 24.4 Å². The zero-order valence-corrected chi connectivity index (χ0v) is 14.5. The van der Waals surface area contributed by atoms with E-state index in [1.54, 1.807) is 14.2 Å². The highest BCUT2D eigenvalue weighted by molar-refractivity contribution is 6.99. The molecule has 0 saturated carbocycles. The molecular formula is C16H20N4O3S. The molecule has 0 spiro atoms. The van der Waals surface area contributed by atoms with E-state index < -0.39 is 0 Å². The molecule has 128 valence electrons. The third-order valence-electron chi connectivity index (χ3n) is 4.01. The van der Waals surface area contributed by atoms with Gasteiger partial charge in [0.1, 0.15) is 11.5 Å². The Balaban J connectivity index is 1.68. The zero-order valence-electron chi connectivity index (χ0n) is 13.7. The summed E-state index contributed by atoms with van der Waals surface area (Å²) in [7, 11) is 3.25. The van der Waals surface area contributed by atoms with Crippen molar-refractivity contribution < 1.29 is 14.3 Å². The van der Waals surface area contributed by atoms with Gasteiger partial charge in [0.2, 0.25) is 0 Å². The van der Waals surface area contributed by atoms with Gasteiger partial charge in [0, 0.05) is 43.0 Å². The van der Waals surface area contributed by atoms with Crippen LogP contribution < -0.4 is 14.8 Å². The molecule has 1 atom stereocenters. The van der Waals surface area contributed by atoms with Gasteiger partial charge in [-0.2, -0.15) is 8.75 Å². The maximum Gasteiger partial charge on any atom is 0.275 e. The quantitative estimate of drug-likeness (QED) is 0.893. The molecule has 2 aromatic rings. The standard InChI is InChI=1S/C16H20N4O3S/c1-22-13-6-12(7-14(8-13)23-2)18-11-4-3-5-20(10-11)16(21)15-9-17-24-19-15/h6-9,11,18H,3-5,10H2,1-2H3. The van der Waals surface area contributed by atoms with Crippen molar-refractivity contribution in [3.63, 3.8) is 0 Å². The molecule has 3 rings (SSSR count). The van der Waals surface area contributed by atoms with E-state index in [1.807, 2.05) is 23.1 Å². The Morgan fingerprint density at radius 1 is 1.29 bits per heavy atom. The van der Waals surface area contributed by atoms with Gasteiger partial charge >= 0.3 is 0 Å². The summed E-state index contributed by atoms with van der Waals surface area (Å²) >= 11 is 1.05. The van der Waals surface area contributed by atoms with Gasteiger partial charge in [-0.05, 0) is 12.8 Å². The van der Waals surface area contributed by atoms with Crippen LogP contribution in [0.25, 0.3) is 0 Å². The van der Waals surface area contributed by atoms with Crippen LogP contribution in [0, 0.1) is 0 Å². The molecule has 0 radical (unpaired) electrons. The Bertz CT molecular complexity index is 670. The summed E-state index contributed by atoms with van der Waals surface area (Å²) < 4.78 is 18.5. The van der Waals surface area contributed by atoms with Crippen molar-refractivity contribution in [2.24, 2.45) is 0 Å². The Labute approximate surface area is 144 Å². The molecule has 1 unspecified atom stereocenters. The molecule has 0 bridgehead atoms. The van der Waals surface area contributed by atoms with Gasteiger partial charge in [-0.3, -0.25) is 4.79 Å². The summed E-state index contributed by atoms with van der Waals surface area (Å²) in [5.41, 5.74) is 1.34. The van der Waals surface area contributed by atoms with Crippen molar-refractivity contribution >= 4 is 23.3 Å². The molecule has 7 nitrogen and oxygen atoms in total. The number of amides is 1. The number of anilines is 1. The van der Waals surface area contributed by atoms with Crippen molar-refractivity contribution in [1.82, 2.24) is 13.6 Å². The third kappa shape index (κ3) is 3.76. The number of benzene rings is 1. The van der Waals surface area contributed by atoms with E-state index in [4.69, 9.17) is 9.47 Å². The summed E-state index contributed by atoms with van der Waals surface area (Å²) in [6, 6.07) is 5.85. The summed E-state index contributed by atoms with van der Waals surface area (Å²) in [6.45, 7) is 1.38. The van der Waals surface area contributed by atoms with E-state index in [0.29, 0.717) is 12.2 Å². The van der Waals surface area contributed by atoms with Crippen LogP contribution in [-0.2, 0) is 0 Å². The lowest BCUT2D eigenvalue weighted by Gasteiger charge is -2.33.